The summed E-state index contributed by atoms with van der Waals surface area (Å²) in [5.41, 5.74) is 1.20. The van der Waals surface area contributed by atoms with Crippen molar-refractivity contribution in [3.8, 4) is 5.75 Å². The van der Waals surface area contributed by atoms with Crippen LogP contribution >= 0.6 is 0 Å². The van der Waals surface area contributed by atoms with Crippen molar-refractivity contribution in [2.75, 3.05) is 26.4 Å². The van der Waals surface area contributed by atoms with Gasteiger partial charge in [0, 0.05) is 6.04 Å². The van der Waals surface area contributed by atoms with Gasteiger partial charge in [0.1, 0.15) is 12.3 Å². The van der Waals surface area contributed by atoms with Gasteiger partial charge in [-0.05, 0) is 55.7 Å². The van der Waals surface area contributed by atoms with Gasteiger partial charge >= 0.3 is 5.97 Å². The molecule has 0 spiro atoms. The van der Waals surface area contributed by atoms with Crippen LogP contribution in [-0.2, 0) is 19.1 Å². The van der Waals surface area contributed by atoms with Crippen molar-refractivity contribution in [1.29, 1.82) is 0 Å². The van der Waals surface area contributed by atoms with Gasteiger partial charge in [0.05, 0.1) is 19.3 Å². The average molecular weight is 438 g/mol. The van der Waals surface area contributed by atoms with Crippen molar-refractivity contribution in [1.82, 2.24) is 4.90 Å². The number of para-hydroxylation sites is 1. The number of carbonyl (C=O) groups is 2. The summed E-state index contributed by atoms with van der Waals surface area (Å²) in [5.74, 6) is 0.926. The van der Waals surface area contributed by atoms with E-state index in [-0.39, 0.29) is 37.2 Å². The van der Waals surface area contributed by atoms with E-state index in [4.69, 9.17) is 14.2 Å². The Bertz CT molecular complexity index is 888. The van der Waals surface area contributed by atoms with E-state index < -0.39 is 0 Å². The zero-order chi connectivity index (χ0) is 22.3. The van der Waals surface area contributed by atoms with Crippen LogP contribution in [0.1, 0.15) is 37.9 Å². The van der Waals surface area contributed by atoms with Crippen molar-refractivity contribution in [2.24, 2.45) is 11.8 Å². The highest BCUT2D eigenvalue weighted by atomic mass is 16.5. The van der Waals surface area contributed by atoms with Crippen molar-refractivity contribution in [2.45, 2.75) is 38.3 Å². The zero-order valence-corrected chi connectivity index (χ0v) is 18.5. The van der Waals surface area contributed by atoms with Crippen LogP contribution < -0.4 is 4.74 Å². The molecule has 2 aromatic carbocycles. The first-order chi connectivity index (χ1) is 15.6. The Labute approximate surface area is 189 Å². The third-order valence-corrected chi connectivity index (χ3v) is 6.49. The first-order valence-electron chi connectivity index (χ1n) is 11.4. The Morgan fingerprint density at radius 3 is 2.38 bits per heavy atom. The van der Waals surface area contributed by atoms with Crippen LogP contribution in [-0.4, -0.2) is 49.2 Å². The molecule has 0 radical (unpaired) electrons. The van der Waals surface area contributed by atoms with Gasteiger partial charge in [-0.25, -0.2) is 0 Å². The lowest BCUT2D eigenvalue weighted by atomic mass is 9.86. The molecule has 1 aliphatic carbocycles. The summed E-state index contributed by atoms with van der Waals surface area (Å²) < 4.78 is 17.0. The number of amides is 1. The molecule has 2 fully saturated rings. The van der Waals surface area contributed by atoms with E-state index in [9.17, 15) is 9.59 Å². The van der Waals surface area contributed by atoms with Crippen molar-refractivity contribution in [3.63, 3.8) is 0 Å². The van der Waals surface area contributed by atoms with Crippen LogP contribution in [0.25, 0.3) is 0 Å². The van der Waals surface area contributed by atoms with E-state index in [0.29, 0.717) is 30.8 Å². The third-order valence-electron chi connectivity index (χ3n) is 6.49. The molecule has 32 heavy (non-hydrogen) atoms. The van der Waals surface area contributed by atoms with E-state index in [1.165, 1.54) is 5.56 Å². The van der Waals surface area contributed by atoms with Crippen LogP contribution in [0.2, 0.25) is 0 Å². The fourth-order valence-electron chi connectivity index (χ4n) is 4.92. The molecule has 170 valence electrons. The molecule has 1 heterocycles. The minimum atomic E-state index is -0.381. The van der Waals surface area contributed by atoms with E-state index in [2.05, 4.69) is 12.1 Å². The van der Waals surface area contributed by atoms with Gasteiger partial charge in [-0.2, -0.15) is 0 Å². The van der Waals surface area contributed by atoms with Crippen LogP contribution in [0.5, 0.6) is 5.75 Å². The first kappa shape index (κ1) is 22.3. The minimum Gasteiger partial charge on any atom is -0.484 e. The number of hydrogen-bond acceptors (Lipinski definition) is 5. The SMILES string of the molecule is CCOC(=O)CN(C(=O)COc1ccccc1)[C@@H]1C[C@@H]2CO[C@H](c3ccccc3)C[C@@H]2C1. The lowest BCUT2D eigenvalue weighted by Gasteiger charge is -2.32. The highest BCUT2D eigenvalue weighted by Gasteiger charge is 2.43. The molecule has 0 N–H and O–H groups in total. The van der Waals surface area contributed by atoms with E-state index in [1.54, 1.807) is 11.8 Å². The molecule has 4 atom stereocenters. The summed E-state index contributed by atoms with van der Waals surface area (Å²) in [6, 6.07) is 19.5. The highest BCUT2D eigenvalue weighted by Crippen LogP contribution is 2.45. The van der Waals surface area contributed by atoms with E-state index >= 15 is 0 Å². The molecule has 0 unspecified atom stereocenters. The van der Waals surface area contributed by atoms with Crippen LogP contribution in [0.4, 0.5) is 0 Å². The third kappa shape index (κ3) is 5.49. The second kappa shape index (κ2) is 10.6. The smallest absolute Gasteiger partial charge is 0.325 e. The summed E-state index contributed by atoms with van der Waals surface area (Å²) in [7, 11) is 0. The maximum absolute atomic E-state index is 13.1. The Hall–Kier alpha value is -2.86. The van der Waals surface area contributed by atoms with Crippen molar-refractivity contribution in [3.05, 3.63) is 66.2 Å². The van der Waals surface area contributed by atoms with Gasteiger partial charge in [0.25, 0.3) is 5.91 Å². The quantitative estimate of drug-likeness (QED) is 0.584. The van der Waals surface area contributed by atoms with Gasteiger partial charge in [-0.15, -0.1) is 0 Å². The predicted octanol–water partition coefficient (Wildman–Crippen LogP) is 4.01. The summed E-state index contributed by atoms with van der Waals surface area (Å²) in [6.07, 6.45) is 2.73. The molecule has 2 aliphatic rings. The Balaban J connectivity index is 1.41. The Morgan fingerprint density at radius 1 is 0.969 bits per heavy atom. The molecule has 6 nitrogen and oxygen atoms in total. The molecule has 0 aromatic heterocycles. The Morgan fingerprint density at radius 2 is 1.66 bits per heavy atom. The topological polar surface area (TPSA) is 65.1 Å². The monoisotopic (exact) mass is 437 g/mol. The van der Waals surface area contributed by atoms with Crippen molar-refractivity contribution >= 4 is 11.9 Å². The van der Waals surface area contributed by atoms with Gasteiger partial charge < -0.3 is 19.1 Å². The summed E-state index contributed by atoms with van der Waals surface area (Å²) in [6.45, 7) is 2.61. The molecule has 1 saturated heterocycles. The molecule has 0 bridgehead atoms. The molecule has 1 aliphatic heterocycles. The lowest BCUT2D eigenvalue weighted by Crippen LogP contribution is -2.45. The number of carbonyl (C=O) groups excluding carboxylic acids is 2. The minimum absolute atomic E-state index is 0.0144. The number of rotatable bonds is 8. The zero-order valence-electron chi connectivity index (χ0n) is 18.5. The summed E-state index contributed by atoms with van der Waals surface area (Å²) >= 11 is 0. The van der Waals surface area contributed by atoms with Gasteiger partial charge in [0.2, 0.25) is 0 Å². The average Bonchev–Trinajstić information content (AvgIpc) is 3.25. The largest absolute Gasteiger partial charge is 0.484 e. The van der Waals surface area contributed by atoms with Gasteiger partial charge in [-0.3, -0.25) is 9.59 Å². The first-order valence-corrected chi connectivity index (χ1v) is 11.4. The van der Waals surface area contributed by atoms with Crippen LogP contribution in [0.15, 0.2) is 60.7 Å². The van der Waals surface area contributed by atoms with E-state index in [0.717, 1.165) is 19.3 Å². The summed E-state index contributed by atoms with van der Waals surface area (Å²) in [5, 5.41) is 0. The molecule has 1 saturated carbocycles. The fraction of sp³-hybridized carbons (Fsp3) is 0.462. The second-order valence-corrected chi connectivity index (χ2v) is 8.54. The Kier molecular flexibility index (Phi) is 7.43. The van der Waals surface area contributed by atoms with Gasteiger partial charge in [0.15, 0.2) is 6.61 Å². The maximum atomic E-state index is 13.1. The number of benzene rings is 2. The normalized spacial score (nSPS) is 24.4. The molecule has 2 aromatic rings. The molecular weight excluding hydrogens is 406 g/mol. The fourth-order valence-corrected chi connectivity index (χ4v) is 4.92. The molecule has 6 heteroatoms. The van der Waals surface area contributed by atoms with Crippen molar-refractivity contribution < 1.29 is 23.8 Å². The van der Waals surface area contributed by atoms with Crippen LogP contribution in [0.3, 0.4) is 0 Å². The maximum Gasteiger partial charge on any atom is 0.325 e. The lowest BCUT2D eigenvalue weighted by molar-refractivity contribution is -0.151. The van der Waals surface area contributed by atoms with E-state index in [1.807, 2.05) is 48.5 Å². The highest BCUT2D eigenvalue weighted by molar-refractivity contribution is 5.83. The standard InChI is InChI=1S/C26H31NO5/c1-2-30-26(29)16-27(25(28)18-31-23-11-7-4-8-12-23)22-13-20-15-24(32-17-21(20)14-22)19-9-5-3-6-10-19/h3-12,20-22,24H,2,13-18H2,1H3/t20-,21+,22-,24-/m0/s1. The number of fused-ring (bicyclic) bond motifs is 1. The second-order valence-electron chi connectivity index (χ2n) is 8.54. The number of nitrogens with zero attached hydrogens (tertiary/aromatic N) is 1. The molecule has 1 amide bonds. The molecule has 4 rings (SSSR count). The summed E-state index contributed by atoms with van der Waals surface area (Å²) in [4.78, 5) is 27.0. The van der Waals surface area contributed by atoms with Crippen LogP contribution in [0, 0.1) is 11.8 Å². The number of esters is 1. The molecular formula is C26H31NO5. The predicted molar refractivity (Wildman–Crippen MR) is 120 cm³/mol. The van der Waals surface area contributed by atoms with Gasteiger partial charge in [-0.1, -0.05) is 48.5 Å². The number of hydrogen-bond donors (Lipinski definition) is 0. The number of ether oxygens (including phenoxy) is 3.